The van der Waals surface area contributed by atoms with Gasteiger partial charge in [-0.25, -0.2) is 0 Å². The van der Waals surface area contributed by atoms with Gasteiger partial charge in [0.15, 0.2) is 11.5 Å². The van der Waals surface area contributed by atoms with Gasteiger partial charge in [-0.05, 0) is 37.1 Å². The van der Waals surface area contributed by atoms with Crippen LogP contribution in [0.15, 0.2) is 54.7 Å². The molecule has 140 valence electrons. The molecule has 0 fully saturated rings. The maximum atomic E-state index is 12.8. The van der Waals surface area contributed by atoms with Crippen LogP contribution in [0.3, 0.4) is 0 Å². The van der Waals surface area contributed by atoms with Gasteiger partial charge in [0, 0.05) is 11.8 Å². The molecule has 0 saturated heterocycles. The Kier molecular flexibility index (Phi) is 5.49. The minimum atomic E-state index is -0.653. The summed E-state index contributed by atoms with van der Waals surface area (Å²) in [6.45, 7) is 5.64. The highest BCUT2D eigenvalue weighted by Gasteiger charge is 2.27. The number of pyridine rings is 1. The van der Waals surface area contributed by atoms with Crippen LogP contribution in [0, 0.1) is 5.92 Å². The molecule has 0 aliphatic carbocycles. The van der Waals surface area contributed by atoms with E-state index in [-0.39, 0.29) is 23.8 Å². The van der Waals surface area contributed by atoms with E-state index in [0.717, 1.165) is 0 Å². The number of hydrogen-bond acceptors (Lipinski definition) is 4. The average Bonchev–Trinajstić information content (AvgIpc) is 3.10. The predicted octanol–water partition coefficient (Wildman–Crippen LogP) is 2.36. The van der Waals surface area contributed by atoms with Crippen LogP contribution < -0.4 is 10.6 Å². The lowest BCUT2D eigenvalue weighted by Crippen LogP contribution is -2.50. The van der Waals surface area contributed by atoms with Crippen molar-refractivity contribution < 1.29 is 9.59 Å². The zero-order valence-corrected chi connectivity index (χ0v) is 15.6. The van der Waals surface area contributed by atoms with Crippen molar-refractivity contribution in [2.24, 2.45) is 5.92 Å². The first kappa shape index (κ1) is 18.6. The first-order valence-corrected chi connectivity index (χ1v) is 8.93. The normalized spacial score (nSPS) is 13.3. The summed E-state index contributed by atoms with van der Waals surface area (Å²) in [6, 6.07) is 13.5. The van der Waals surface area contributed by atoms with Crippen molar-refractivity contribution in [1.29, 1.82) is 0 Å². The second-order valence-corrected chi connectivity index (χ2v) is 6.78. The number of aromatic nitrogens is 3. The van der Waals surface area contributed by atoms with Crippen LogP contribution in [0.25, 0.3) is 5.65 Å². The monoisotopic (exact) mass is 365 g/mol. The molecule has 27 heavy (non-hydrogen) atoms. The number of nitrogens with one attached hydrogen (secondary N) is 2. The summed E-state index contributed by atoms with van der Waals surface area (Å²) in [5, 5.41) is 14.0. The molecule has 2 amide bonds. The maximum Gasteiger partial charge on any atom is 0.251 e. The van der Waals surface area contributed by atoms with Crippen molar-refractivity contribution in [3.8, 4) is 0 Å². The summed E-state index contributed by atoms with van der Waals surface area (Å²) in [4.78, 5) is 25.2. The second kappa shape index (κ2) is 7.99. The Hall–Kier alpha value is -3.22. The van der Waals surface area contributed by atoms with E-state index in [1.807, 2.05) is 55.6 Å². The quantitative estimate of drug-likeness (QED) is 0.702. The van der Waals surface area contributed by atoms with E-state index in [2.05, 4.69) is 20.8 Å². The zero-order chi connectivity index (χ0) is 19.4. The number of nitrogens with zero attached hydrogens (tertiary/aromatic N) is 3. The van der Waals surface area contributed by atoms with E-state index in [1.165, 1.54) is 0 Å². The lowest BCUT2D eigenvalue weighted by molar-refractivity contribution is -0.124. The summed E-state index contributed by atoms with van der Waals surface area (Å²) in [5.41, 5.74) is 1.24. The summed E-state index contributed by atoms with van der Waals surface area (Å²) < 4.78 is 1.83. The fraction of sp³-hybridized carbons (Fsp3) is 0.300. The van der Waals surface area contributed by atoms with Crippen molar-refractivity contribution in [2.45, 2.75) is 32.9 Å². The molecule has 2 aromatic heterocycles. The first-order chi connectivity index (χ1) is 13.0. The highest BCUT2D eigenvalue weighted by Crippen LogP contribution is 2.13. The summed E-state index contributed by atoms with van der Waals surface area (Å²) in [5.74, 6) is 0.0374. The van der Waals surface area contributed by atoms with E-state index < -0.39 is 6.04 Å². The van der Waals surface area contributed by atoms with Crippen LogP contribution in [0.2, 0.25) is 0 Å². The maximum absolute atomic E-state index is 12.8. The van der Waals surface area contributed by atoms with Crippen molar-refractivity contribution in [1.82, 2.24) is 25.2 Å². The van der Waals surface area contributed by atoms with Gasteiger partial charge < -0.3 is 10.6 Å². The molecular weight excluding hydrogens is 342 g/mol. The molecule has 0 bridgehead atoms. The van der Waals surface area contributed by atoms with Gasteiger partial charge in [0.05, 0.1) is 6.04 Å². The number of hydrogen-bond donors (Lipinski definition) is 2. The van der Waals surface area contributed by atoms with Gasteiger partial charge in [0.25, 0.3) is 5.91 Å². The molecule has 3 rings (SSSR count). The topological polar surface area (TPSA) is 88.4 Å². The number of fused-ring (bicyclic) bond motifs is 1. The number of benzene rings is 1. The van der Waals surface area contributed by atoms with Crippen molar-refractivity contribution in [2.75, 3.05) is 0 Å². The van der Waals surface area contributed by atoms with Gasteiger partial charge in [0.2, 0.25) is 5.91 Å². The van der Waals surface area contributed by atoms with Crippen LogP contribution in [0.4, 0.5) is 0 Å². The standard InChI is InChI=1S/C20H23N5O2/c1-13(2)17(22-19(26)15-9-5-4-6-10-15)20(27)21-14(3)18-24-23-16-11-7-8-12-25(16)18/h4-14,17H,1-3H3,(H,21,27)(H,22,26). The smallest absolute Gasteiger partial charge is 0.251 e. The van der Waals surface area contributed by atoms with Crippen LogP contribution in [-0.4, -0.2) is 32.5 Å². The van der Waals surface area contributed by atoms with E-state index in [4.69, 9.17) is 0 Å². The fourth-order valence-electron chi connectivity index (χ4n) is 2.87. The van der Waals surface area contributed by atoms with Crippen molar-refractivity contribution in [3.63, 3.8) is 0 Å². The SMILES string of the molecule is CC(NC(=O)C(NC(=O)c1ccccc1)C(C)C)c1nnc2ccccn12. The fourth-order valence-corrected chi connectivity index (χ4v) is 2.87. The molecule has 2 atom stereocenters. The lowest BCUT2D eigenvalue weighted by Gasteiger charge is -2.23. The first-order valence-electron chi connectivity index (χ1n) is 8.93. The molecule has 7 nitrogen and oxygen atoms in total. The summed E-state index contributed by atoms with van der Waals surface area (Å²) in [7, 11) is 0. The van der Waals surface area contributed by atoms with Crippen LogP contribution in [-0.2, 0) is 4.79 Å². The van der Waals surface area contributed by atoms with Gasteiger partial charge in [-0.1, -0.05) is 38.1 Å². The predicted molar refractivity (Wildman–Crippen MR) is 102 cm³/mol. The van der Waals surface area contributed by atoms with Gasteiger partial charge in [-0.3, -0.25) is 14.0 Å². The minimum absolute atomic E-state index is 0.0694. The summed E-state index contributed by atoms with van der Waals surface area (Å²) >= 11 is 0. The summed E-state index contributed by atoms with van der Waals surface area (Å²) in [6.07, 6.45) is 1.85. The molecule has 0 spiro atoms. The Labute approximate surface area is 157 Å². The Morgan fingerprint density at radius 3 is 2.33 bits per heavy atom. The Morgan fingerprint density at radius 1 is 0.926 bits per heavy atom. The van der Waals surface area contributed by atoms with Crippen LogP contribution in [0.5, 0.6) is 0 Å². The highest BCUT2D eigenvalue weighted by molar-refractivity contribution is 5.97. The Morgan fingerprint density at radius 2 is 1.63 bits per heavy atom. The third-order valence-corrected chi connectivity index (χ3v) is 4.36. The molecule has 0 aliphatic rings. The van der Waals surface area contributed by atoms with E-state index >= 15 is 0 Å². The molecule has 0 saturated carbocycles. The minimum Gasteiger partial charge on any atom is -0.345 e. The Bertz CT molecular complexity index is 936. The zero-order valence-electron chi connectivity index (χ0n) is 15.6. The molecule has 0 aliphatic heterocycles. The molecule has 3 aromatic rings. The van der Waals surface area contributed by atoms with Crippen LogP contribution >= 0.6 is 0 Å². The molecular formula is C20H23N5O2. The number of carbonyl (C=O) groups excluding carboxylic acids is 2. The van der Waals surface area contributed by atoms with E-state index in [1.54, 1.807) is 24.3 Å². The van der Waals surface area contributed by atoms with Gasteiger partial charge in [-0.2, -0.15) is 0 Å². The molecule has 7 heteroatoms. The van der Waals surface area contributed by atoms with Crippen molar-refractivity contribution in [3.05, 3.63) is 66.1 Å². The average molecular weight is 365 g/mol. The molecule has 2 unspecified atom stereocenters. The lowest BCUT2D eigenvalue weighted by atomic mass is 10.0. The number of amides is 2. The van der Waals surface area contributed by atoms with E-state index in [0.29, 0.717) is 17.0 Å². The number of rotatable bonds is 6. The van der Waals surface area contributed by atoms with E-state index in [9.17, 15) is 9.59 Å². The van der Waals surface area contributed by atoms with Crippen LogP contribution in [0.1, 0.15) is 43.0 Å². The molecule has 0 radical (unpaired) electrons. The third-order valence-electron chi connectivity index (χ3n) is 4.36. The molecule has 1 aromatic carbocycles. The Balaban J connectivity index is 1.72. The third kappa shape index (κ3) is 4.13. The largest absolute Gasteiger partial charge is 0.345 e. The van der Waals surface area contributed by atoms with Gasteiger partial charge in [-0.15, -0.1) is 10.2 Å². The molecule has 2 heterocycles. The second-order valence-electron chi connectivity index (χ2n) is 6.78. The van der Waals surface area contributed by atoms with Gasteiger partial charge >= 0.3 is 0 Å². The molecule has 2 N–H and O–H groups in total. The van der Waals surface area contributed by atoms with Crippen molar-refractivity contribution >= 4 is 17.5 Å². The highest BCUT2D eigenvalue weighted by atomic mass is 16.2. The number of carbonyl (C=O) groups is 2. The van der Waals surface area contributed by atoms with Gasteiger partial charge in [0.1, 0.15) is 6.04 Å².